The van der Waals surface area contributed by atoms with Gasteiger partial charge in [0.25, 0.3) is 5.89 Å². The van der Waals surface area contributed by atoms with E-state index in [9.17, 15) is 18.0 Å². The number of benzene rings is 3. The molecule has 0 aliphatic carbocycles. The van der Waals surface area contributed by atoms with Crippen molar-refractivity contribution in [3.63, 3.8) is 0 Å². The minimum atomic E-state index is -2.91. The van der Waals surface area contributed by atoms with E-state index in [1.54, 1.807) is 16.7 Å². The van der Waals surface area contributed by atoms with E-state index in [1.807, 2.05) is 18.2 Å². The summed E-state index contributed by atoms with van der Waals surface area (Å²) in [5.41, 5.74) is 2.89. The quantitative estimate of drug-likeness (QED) is 0.215. The van der Waals surface area contributed by atoms with Crippen molar-refractivity contribution in [2.24, 2.45) is 0 Å². The highest BCUT2D eigenvalue weighted by Gasteiger charge is 2.26. The van der Waals surface area contributed by atoms with E-state index in [2.05, 4.69) is 56.8 Å². The highest BCUT2D eigenvalue weighted by Crippen LogP contribution is 2.34. The molecule has 2 aliphatic rings. The number of thioether (sulfide) groups is 1. The zero-order valence-electron chi connectivity index (χ0n) is 24.6. The largest absolute Gasteiger partial charge is 0.490 e. The van der Waals surface area contributed by atoms with E-state index in [-0.39, 0.29) is 40.9 Å². The Morgan fingerprint density at radius 3 is 2.51 bits per heavy atom. The number of carbonyl (C=O) groups is 1. The predicted octanol–water partition coefficient (Wildman–Crippen LogP) is 6.86. The van der Waals surface area contributed by atoms with E-state index in [1.165, 1.54) is 17.7 Å². The number of urea groups is 1. The molecule has 0 spiro atoms. The van der Waals surface area contributed by atoms with E-state index < -0.39 is 18.1 Å². The predicted molar refractivity (Wildman–Crippen MR) is 165 cm³/mol. The summed E-state index contributed by atoms with van der Waals surface area (Å²) in [6.07, 6.45) is -0.724. The van der Waals surface area contributed by atoms with Gasteiger partial charge in [-0.15, -0.1) is 10.2 Å². The molecule has 236 valence electrons. The summed E-state index contributed by atoms with van der Waals surface area (Å²) in [5.74, 6) is 0.00576. The molecule has 1 unspecified atom stereocenters. The summed E-state index contributed by atoms with van der Waals surface area (Å²) in [4.78, 5) is 17.2. The number of piperidine rings is 1. The maximum Gasteiger partial charge on any atom is 0.317 e. The van der Waals surface area contributed by atoms with Gasteiger partial charge in [-0.2, -0.15) is 20.5 Å². The molecule has 2 fully saturated rings. The van der Waals surface area contributed by atoms with Crippen LogP contribution in [0.2, 0.25) is 0 Å². The lowest BCUT2D eigenvalue weighted by atomic mass is 10.1. The van der Waals surface area contributed by atoms with Gasteiger partial charge in [-0.3, -0.25) is 4.90 Å². The third kappa shape index (κ3) is 7.98. The summed E-state index contributed by atoms with van der Waals surface area (Å²) < 4.78 is 51.4. The van der Waals surface area contributed by atoms with Crippen molar-refractivity contribution in [3.8, 4) is 17.2 Å². The molecule has 8 nitrogen and oxygen atoms in total. The number of aromatic nitrogens is 2. The van der Waals surface area contributed by atoms with Crippen molar-refractivity contribution >= 4 is 17.8 Å². The standard InChI is InChI=1S/C33H34F3N5O3S/c34-28-18-24(31-38-39-32(44-31)30(35)36)6-7-25(28)19-37-33(42)41-16-17-45-29(21-41)23-8-10-26(11-9-23)43-27-12-14-40(15-13-27)20-22-4-2-1-3-5-22/h1-11,18,27,29-30H,12-17,19-21H2,(H,37,42). The van der Waals surface area contributed by atoms with E-state index in [0.717, 1.165) is 55.6 Å². The van der Waals surface area contributed by atoms with E-state index >= 15 is 0 Å². The van der Waals surface area contributed by atoms with Gasteiger partial charge in [0.15, 0.2) is 0 Å². The zero-order valence-corrected chi connectivity index (χ0v) is 25.4. The smallest absolute Gasteiger partial charge is 0.317 e. The summed E-state index contributed by atoms with van der Waals surface area (Å²) in [6.45, 7) is 4.08. The molecule has 3 heterocycles. The van der Waals surface area contributed by atoms with Crippen molar-refractivity contribution in [3.05, 3.63) is 101 Å². The molecule has 45 heavy (non-hydrogen) atoms. The van der Waals surface area contributed by atoms with Gasteiger partial charge in [0.05, 0.1) is 0 Å². The number of carbonyl (C=O) groups excluding carboxylic acids is 1. The first-order valence-electron chi connectivity index (χ1n) is 15.0. The minimum absolute atomic E-state index is 0.0252. The number of ether oxygens (including phenoxy) is 1. The lowest BCUT2D eigenvalue weighted by Gasteiger charge is -2.33. The van der Waals surface area contributed by atoms with Crippen LogP contribution >= 0.6 is 11.8 Å². The number of rotatable bonds is 9. The molecule has 0 saturated carbocycles. The molecule has 0 radical (unpaired) electrons. The van der Waals surface area contributed by atoms with Crippen LogP contribution in [0.25, 0.3) is 11.5 Å². The van der Waals surface area contributed by atoms with Crippen molar-refractivity contribution in [1.29, 1.82) is 0 Å². The summed E-state index contributed by atoms with van der Waals surface area (Å²) in [5, 5.41) is 9.71. The molecule has 12 heteroatoms. The summed E-state index contributed by atoms with van der Waals surface area (Å²) in [6, 6.07) is 22.5. The number of halogens is 3. The first-order valence-corrected chi connectivity index (χ1v) is 16.0. The molecule has 0 bridgehead atoms. The molecule has 4 aromatic rings. The van der Waals surface area contributed by atoms with E-state index in [0.29, 0.717) is 13.1 Å². The second-order valence-corrected chi connectivity index (χ2v) is 12.5. The van der Waals surface area contributed by atoms with Crippen LogP contribution in [0.5, 0.6) is 5.75 Å². The van der Waals surface area contributed by atoms with Gasteiger partial charge in [-0.05, 0) is 48.2 Å². The average Bonchev–Trinajstić information content (AvgIpc) is 3.57. The molecule has 2 amide bonds. The number of likely N-dealkylation sites (tertiary alicyclic amines) is 1. The summed E-state index contributed by atoms with van der Waals surface area (Å²) in [7, 11) is 0. The van der Waals surface area contributed by atoms with Crippen molar-refractivity contribution in [1.82, 2.24) is 25.3 Å². The molecule has 1 N–H and O–H groups in total. The van der Waals surface area contributed by atoms with Crippen LogP contribution in [0.4, 0.5) is 18.0 Å². The second kappa shape index (κ2) is 14.4. The van der Waals surface area contributed by atoms with Crippen LogP contribution in [0.3, 0.4) is 0 Å². The van der Waals surface area contributed by atoms with Gasteiger partial charge in [0, 0.05) is 61.4 Å². The molecular formula is C33H34F3N5O3S. The van der Waals surface area contributed by atoms with E-state index in [4.69, 9.17) is 9.15 Å². The van der Waals surface area contributed by atoms with Gasteiger partial charge in [0.2, 0.25) is 5.89 Å². The fourth-order valence-corrected chi connectivity index (χ4v) is 6.81. The van der Waals surface area contributed by atoms with Gasteiger partial charge < -0.3 is 19.4 Å². The first-order chi connectivity index (χ1) is 21.9. The normalized spacial score (nSPS) is 17.9. The SMILES string of the molecule is O=C(NCc1ccc(-c2nnc(C(F)F)o2)cc1F)N1CCSC(c2ccc(OC3CCN(Cc4ccccc4)CC3)cc2)C1. The number of nitrogens with one attached hydrogen (secondary N) is 1. The first kappa shape index (κ1) is 31.0. The third-order valence-electron chi connectivity index (χ3n) is 8.05. The van der Waals surface area contributed by atoms with Gasteiger partial charge in [-0.25, -0.2) is 9.18 Å². The number of nitrogens with zero attached hydrogens (tertiary/aromatic N) is 4. The molecule has 2 saturated heterocycles. The molecule has 6 rings (SSSR count). The van der Waals surface area contributed by atoms with Gasteiger partial charge in [0.1, 0.15) is 17.7 Å². The Hall–Kier alpha value is -4.03. The van der Waals surface area contributed by atoms with Crippen LogP contribution < -0.4 is 10.1 Å². The fraction of sp³-hybridized carbons (Fsp3) is 0.364. The number of amides is 2. The minimum Gasteiger partial charge on any atom is -0.490 e. The number of hydrogen-bond donors (Lipinski definition) is 1. The van der Waals surface area contributed by atoms with Crippen LogP contribution in [-0.4, -0.2) is 64.1 Å². The lowest BCUT2D eigenvalue weighted by molar-refractivity contribution is 0.0968. The Morgan fingerprint density at radius 2 is 1.80 bits per heavy atom. The van der Waals surface area contributed by atoms with Crippen LogP contribution in [0.15, 0.2) is 77.2 Å². The molecule has 1 atom stereocenters. The average molecular weight is 638 g/mol. The Morgan fingerprint density at radius 1 is 1.02 bits per heavy atom. The Balaban J connectivity index is 0.965. The fourth-order valence-electron chi connectivity index (χ4n) is 5.56. The highest BCUT2D eigenvalue weighted by atomic mass is 32.2. The maximum absolute atomic E-state index is 14.7. The molecule has 3 aromatic carbocycles. The van der Waals surface area contributed by atoms with Crippen molar-refractivity contribution in [2.75, 3.05) is 31.9 Å². The molecule has 1 aromatic heterocycles. The Kier molecular flexibility index (Phi) is 9.90. The third-order valence-corrected chi connectivity index (χ3v) is 9.29. The monoisotopic (exact) mass is 637 g/mol. The van der Waals surface area contributed by atoms with Crippen LogP contribution in [0.1, 0.15) is 47.1 Å². The number of alkyl halides is 2. The van der Waals surface area contributed by atoms with Gasteiger partial charge in [-0.1, -0.05) is 48.5 Å². The second-order valence-electron chi connectivity index (χ2n) is 11.2. The topological polar surface area (TPSA) is 83.7 Å². The maximum atomic E-state index is 14.7. The summed E-state index contributed by atoms with van der Waals surface area (Å²) >= 11 is 1.80. The van der Waals surface area contributed by atoms with Crippen LogP contribution in [0, 0.1) is 5.82 Å². The molecule has 2 aliphatic heterocycles. The highest BCUT2D eigenvalue weighted by molar-refractivity contribution is 7.99. The van der Waals surface area contributed by atoms with Crippen molar-refractivity contribution in [2.45, 2.75) is 43.7 Å². The Labute approximate surface area is 264 Å². The van der Waals surface area contributed by atoms with Crippen molar-refractivity contribution < 1.29 is 27.1 Å². The van der Waals surface area contributed by atoms with Crippen LogP contribution in [-0.2, 0) is 13.1 Å². The lowest BCUT2D eigenvalue weighted by Crippen LogP contribution is -2.44. The Bertz CT molecular complexity index is 1570. The van der Waals surface area contributed by atoms with Gasteiger partial charge >= 0.3 is 12.5 Å². The zero-order chi connectivity index (χ0) is 31.2. The number of hydrogen-bond acceptors (Lipinski definition) is 7. The molecular weight excluding hydrogens is 603 g/mol.